The Morgan fingerprint density at radius 1 is 1.29 bits per heavy atom. The summed E-state index contributed by atoms with van der Waals surface area (Å²) in [6.07, 6.45) is 5.21. The molecule has 1 aromatic rings. The van der Waals surface area contributed by atoms with Crippen molar-refractivity contribution in [2.75, 3.05) is 18.9 Å². The first kappa shape index (κ1) is 14.2. The number of carbonyl (C=O) groups is 1. The molecule has 1 saturated heterocycles. The smallest absolute Gasteiger partial charge is 0.244 e. The van der Waals surface area contributed by atoms with Gasteiger partial charge in [0.2, 0.25) is 5.91 Å². The van der Waals surface area contributed by atoms with Crippen molar-refractivity contribution < 1.29 is 13.9 Å². The van der Waals surface area contributed by atoms with Crippen molar-refractivity contribution in [3.63, 3.8) is 0 Å². The minimum Gasteiger partial charge on any atom is -0.487 e. The number of likely N-dealkylation sites (tertiary alicyclic amines) is 1. The fraction of sp³-hybridized carbons (Fsp3) is 0.562. The average molecular weight is 292 g/mol. The summed E-state index contributed by atoms with van der Waals surface area (Å²) in [5.74, 6) is -0.00490. The van der Waals surface area contributed by atoms with Gasteiger partial charge in [-0.1, -0.05) is 0 Å². The summed E-state index contributed by atoms with van der Waals surface area (Å²) >= 11 is 0. The van der Waals surface area contributed by atoms with Crippen LogP contribution in [0.1, 0.15) is 32.1 Å². The van der Waals surface area contributed by atoms with Gasteiger partial charge >= 0.3 is 0 Å². The summed E-state index contributed by atoms with van der Waals surface area (Å²) in [5.41, 5.74) is 0.625. The van der Waals surface area contributed by atoms with E-state index in [1.807, 2.05) is 0 Å². The van der Waals surface area contributed by atoms with Crippen molar-refractivity contribution in [1.82, 2.24) is 4.90 Å². The molecule has 1 atom stereocenters. The van der Waals surface area contributed by atoms with Gasteiger partial charge in [-0.25, -0.2) is 4.39 Å². The normalized spacial score (nSPS) is 22.9. The Bertz CT molecular complexity index is 529. The second-order valence-corrected chi connectivity index (χ2v) is 5.91. The Kier molecular flexibility index (Phi) is 3.99. The summed E-state index contributed by atoms with van der Waals surface area (Å²) < 4.78 is 19.8. The van der Waals surface area contributed by atoms with Gasteiger partial charge in [-0.05, 0) is 44.2 Å². The highest BCUT2D eigenvalue weighted by Crippen LogP contribution is 2.28. The standard InChI is InChI=1S/C16H21FN2O2/c1-19-9-8-14(16(19)20)18-11-6-7-15(13(17)10-11)21-12-4-2-3-5-12/h6-7,10,12,14,18H,2-5,8-9H2,1H3/t14-/m0/s1. The van der Waals surface area contributed by atoms with E-state index in [0.29, 0.717) is 11.4 Å². The van der Waals surface area contributed by atoms with E-state index >= 15 is 0 Å². The second kappa shape index (κ2) is 5.92. The second-order valence-electron chi connectivity index (χ2n) is 5.91. The highest BCUT2D eigenvalue weighted by atomic mass is 19.1. The number of hydrogen-bond acceptors (Lipinski definition) is 3. The van der Waals surface area contributed by atoms with Crippen molar-refractivity contribution in [2.45, 2.75) is 44.2 Å². The van der Waals surface area contributed by atoms with Crippen LogP contribution in [-0.2, 0) is 4.79 Å². The fourth-order valence-electron chi connectivity index (χ4n) is 3.03. The fourth-order valence-corrected chi connectivity index (χ4v) is 3.03. The van der Waals surface area contributed by atoms with Crippen LogP contribution in [0.5, 0.6) is 5.75 Å². The number of nitrogens with one attached hydrogen (secondary N) is 1. The number of nitrogens with zero attached hydrogens (tertiary/aromatic N) is 1. The zero-order valence-corrected chi connectivity index (χ0v) is 12.3. The van der Waals surface area contributed by atoms with Crippen LogP contribution in [0.3, 0.4) is 0 Å². The van der Waals surface area contributed by atoms with E-state index in [-0.39, 0.29) is 23.9 Å². The van der Waals surface area contributed by atoms with Crippen LogP contribution in [0.15, 0.2) is 18.2 Å². The lowest BCUT2D eigenvalue weighted by Gasteiger charge is -2.16. The molecule has 5 heteroatoms. The SMILES string of the molecule is CN1CC[C@H](Nc2ccc(OC3CCCC3)c(F)c2)C1=O. The first-order chi connectivity index (χ1) is 10.1. The van der Waals surface area contributed by atoms with Crippen LogP contribution in [0, 0.1) is 5.82 Å². The molecule has 0 bridgehead atoms. The quantitative estimate of drug-likeness (QED) is 0.928. The van der Waals surface area contributed by atoms with Crippen molar-refractivity contribution in [1.29, 1.82) is 0 Å². The van der Waals surface area contributed by atoms with Crippen LogP contribution in [0.4, 0.5) is 10.1 Å². The molecule has 21 heavy (non-hydrogen) atoms. The maximum atomic E-state index is 14.1. The lowest BCUT2D eigenvalue weighted by atomic mass is 10.2. The van der Waals surface area contributed by atoms with Gasteiger partial charge in [0.15, 0.2) is 11.6 Å². The molecule has 1 saturated carbocycles. The van der Waals surface area contributed by atoms with E-state index in [1.165, 1.54) is 6.07 Å². The third-order valence-corrected chi connectivity index (χ3v) is 4.30. The highest BCUT2D eigenvalue weighted by Gasteiger charge is 2.29. The Balaban J connectivity index is 1.65. The van der Waals surface area contributed by atoms with E-state index in [9.17, 15) is 9.18 Å². The molecule has 1 amide bonds. The summed E-state index contributed by atoms with van der Waals surface area (Å²) in [6.45, 7) is 0.738. The van der Waals surface area contributed by atoms with Crippen molar-refractivity contribution in [3.05, 3.63) is 24.0 Å². The van der Waals surface area contributed by atoms with Crippen LogP contribution in [0.2, 0.25) is 0 Å². The molecule has 1 aliphatic heterocycles. The van der Waals surface area contributed by atoms with E-state index in [4.69, 9.17) is 4.74 Å². The van der Waals surface area contributed by atoms with Gasteiger partial charge < -0.3 is 15.0 Å². The first-order valence-electron chi connectivity index (χ1n) is 7.61. The maximum Gasteiger partial charge on any atom is 0.244 e. The molecular formula is C16H21FN2O2. The molecule has 1 N–H and O–H groups in total. The topological polar surface area (TPSA) is 41.6 Å². The van der Waals surface area contributed by atoms with E-state index in [1.54, 1.807) is 24.1 Å². The van der Waals surface area contributed by atoms with Gasteiger partial charge in [0.1, 0.15) is 6.04 Å². The van der Waals surface area contributed by atoms with E-state index < -0.39 is 0 Å². The van der Waals surface area contributed by atoms with E-state index in [0.717, 1.165) is 38.6 Å². The molecule has 2 aliphatic rings. The molecule has 3 rings (SSSR count). The van der Waals surface area contributed by atoms with Gasteiger partial charge in [0.05, 0.1) is 6.10 Å². The average Bonchev–Trinajstić information content (AvgIpc) is 3.07. The molecule has 1 aromatic carbocycles. The van der Waals surface area contributed by atoms with Crippen LogP contribution < -0.4 is 10.1 Å². The number of hydrogen-bond donors (Lipinski definition) is 1. The number of rotatable bonds is 4. The molecule has 1 heterocycles. The van der Waals surface area contributed by atoms with E-state index in [2.05, 4.69) is 5.32 Å². The molecular weight excluding hydrogens is 271 g/mol. The third-order valence-electron chi connectivity index (χ3n) is 4.30. The maximum absolute atomic E-state index is 14.1. The van der Waals surface area contributed by atoms with Gasteiger partial charge in [-0.2, -0.15) is 0 Å². The minimum absolute atomic E-state index is 0.0571. The lowest BCUT2D eigenvalue weighted by Crippen LogP contribution is -2.30. The summed E-state index contributed by atoms with van der Waals surface area (Å²) in [6, 6.07) is 4.59. The molecule has 1 aliphatic carbocycles. The van der Waals surface area contributed by atoms with Gasteiger partial charge in [-0.15, -0.1) is 0 Å². The first-order valence-corrected chi connectivity index (χ1v) is 7.61. The Labute approximate surface area is 124 Å². The largest absolute Gasteiger partial charge is 0.487 e. The number of ether oxygens (including phenoxy) is 1. The third kappa shape index (κ3) is 3.12. The molecule has 4 nitrogen and oxygen atoms in total. The Morgan fingerprint density at radius 3 is 2.67 bits per heavy atom. The molecule has 2 fully saturated rings. The summed E-state index contributed by atoms with van der Waals surface area (Å²) in [4.78, 5) is 13.5. The summed E-state index contributed by atoms with van der Waals surface area (Å²) in [5, 5.41) is 3.10. The highest BCUT2D eigenvalue weighted by molar-refractivity contribution is 5.86. The number of halogens is 1. The lowest BCUT2D eigenvalue weighted by molar-refractivity contribution is -0.127. The molecule has 114 valence electrons. The number of anilines is 1. The zero-order valence-electron chi connectivity index (χ0n) is 12.3. The number of amides is 1. The van der Waals surface area contributed by atoms with Crippen molar-refractivity contribution in [2.24, 2.45) is 0 Å². The Morgan fingerprint density at radius 2 is 2.05 bits per heavy atom. The molecule has 0 radical (unpaired) electrons. The van der Waals surface area contributed by atoms with Gasteiger partial charge in [0.25, 0.3) is 0 Å². The van der Waals surface area contributed by atoms with Crippen LogP contribution in [-0.4, -0.2) is 36.5 Å². The monoisotopic (exact) mass is 292 g/mol. The minimum atomic E-state index is -0.370. The predicted molar refractivity (Wildman–Crippen MR) is 78.9 cm³/mol. The van der Waals surface area contributed by atoms with Gasteiger partial charge in [-0.3, -0.25) is 4.79 Å². The Hall–Kier alpha value is -1.78. The number of carbonyl (C=O) groups excluding carboxylic acids is 1. The van der Waals surface area contributed by atoms with Gasteiger partial charge in [0, 0.05) is 25.3 Å². The molecule has 0 aromatic heterocycles. The molecule has 0 unspecified atom stereocenters. The van der Waals surface area contributed by atoms with Crippen LogP contribution in [0.25, 0.3) is 0 Å². The summed E-state index contributed by atoms with van der Waals surface area (Å²) in [7, 11) is 1.78. The molecule has 0 spiro atoms. The van der Waals surface area contributed by atoms with Crippen molar-refractivity contribution >= 4 is 11.6 Å². The van der Waals surface area contributed by atoms with Crippen molar-refractivity contribution in [3.8, 4) is 5.75 Å². The van der Waals surface area contributed by atoms with Crippen LogP contribution >= 0.6 is 0 Å². The zero-order chi connectivity index (χ0) is 14.8. The number of benzene rings is 1. The predicted octanol–water partition coefficient (Wildman–Crippen LogP) is 2.79. The number of likely N-dealkylation sites (N-methyl/N-ethyl adjacent to an activating group) is 1.